The summed E-state index contributed by atoms with van der Waals surface area (Å²) in [6.07, 6.45) is 0. The van der Waals surface area contributed by atoms with Gasteiger partial charge in [0.25, 0.3) is 0 Å². The van der Waals surface area contributed by atoms with Crippen LogP contribution in [0, 0.1) is 19.8 Å². The van der Waals surface area contributed by atoms with Gasteiger partial charge in [0.2, 0.25) is 0 Å². The Bertz CT molecular complexity index is 526. The van der Waals surface area contributed by atoms with Crippen molar-refractivity contribution >= 4 is 17.8 Å². The smallest absolute Gasteiger partial charge is 0.317 e. The molecule has 22 heavy (non-hydrogen) atoms. The first kappa shape index (κ1) is 17.2. The molecule has 0 unspecified atom stereocenters. The Balaban J connectivity index is 1.94. The van der Waals surface area contributed by atoms with Crippen molar-refractivity contribution < 1.29 is 4.79 Å². The van der Waals surface area contributed by atoms with Gasteiger partial charge in [0.15, 0.2) is 0 Å². The van der Waals surface area contributed by atoms with E-state index in [0.717, 1.165) is 42.3 Å². The Morgan fingerprint density at radius 3 is 2.77 bits per heavy atom. The van der Waals surface area contributed by atoms with Crippen LogP contribution in [0.4, 0.5) is 4.79 Å². The van der Waals surface area contributed by atoms with Crippen LogP contribution in [0.2, 0.25) is 0 Å². The van der Waals surface area contributed by atoms with Crippen LogP contribution in [-0.4, -0.2) is 44.8 Å². The Labute approximate surface area is 137 Å². The fourth-order valence-corrected chi connectivity index (χ4v) is 4.14. The van der Waals surface area contributed by atoms with Gasteiger partial charge in [0.1, 0.15) is 0 Å². The lowest BCUT2D eigenvalue weighted by atomic mass is 10.1. The number of thioether (sulfide) groups is 1. The van der Waals surface area contributed by atoms with Crippen molar-refractivity contribution in [1.82, 2.24) is 20.0 Å². The fraction of sp³-hybridized carbons (Fsp3) is 0.750. The minimum absolute atomic E-state index is 0.0500. The number of carbonyl (C=O) groups excluding carboxylic acids is 1. The van der Waals surface area contributed by atoms with Gasteiger partial charge >= 0.3 is 6.03 Å². The van der Waals surface area contributed by atoms with Crippen LogP contribution in [0.1, 0.15) is 37.7 Å². The number of aryl methyl sites for hydroxylation is 2. The number of nitrogens with zero attached hydrogens (tertiary/aromatic N) is 3. The van der Waals surface area contributed by atoms with Crippen LogP contribution in [0.15, 0.2) is 0 Å². The molecule has 1 aromatic heterocycles. The average Bonchev–Trinajstić information content (AvgIpc) is 2.79. The maximum atomic E-state index is 12.4. The van der Waals surface area contributed by atoms with E-state index in [1.54, 1.807) is 0 Å². The van der Waals surface area contributed by atoms with E-state index in [9.17, 15) is 4.79 Å². The summed E-state index contributed by atoms with van der Waals surface area (Å²) >= 11 is 1.98. The molecule has 1 saturated heterocycles. The van der Waals surface area contributed by atoms with E-state index in [0.29, 0.717) is 17.7 Å². The van der Waals surface area contributed by atoms with Crippen LogP contribution in [0.5, 0.6) is 0 Å². The number of nitrogens with one attached hydrogen (secondary N) is 1. The largest absolute Gasteiger partial charge is 0.334 e. The fourth-order valence-electron chi connectivity index (χ4n) is 2.84. The molecule has 1 aliphatic rings. The molecular weight excluding hydrogens is 296 g/mol. The number of carbonyl (C=O) groups is 1. The van der Waals surface area contributed by atoms with Crippen LogP contribution >= 0.6 is 11.8 Å². The molecule has 0 saturated carbocycles. The summed E-state index contributed by atoms with van der Waals surface area (Å²) < 4.78 is 1.99. The second-order valence-corrected chi connectivity index (χ2v) is 7.57. The standard InChI is InChI=1S/C16H28N4OS/c1-6-20-13(5)14(12(4)18-20)9-17-16(21)19-7-8-22-15(10-19)11(2)3/h11,15H,6-10H2,1-5H3,(H,17,21)/t15-/m0/s1. The molecule has 0 radical (unpaired) electrons. The van der Waals surface area contributed by atoms with Gasteiger partial charge in [-0.15, -0.1) is 0 Å². The third-order valence-electron chi connectivity index (χ3n) is 4.37. The Kier molecular flexibility index (Phi) is 5.78. The van der Waals surface area contributed by atoms with E-state index < -0.39 is 0 Å². The first-order valence-corrected chi connectivity index (χ1v) is 9.16. The third-order valence-corrected chi connectivity index (χ3v) is 5.91. The van der Waals surface area contributed by atoms with Gasteiger partial charge in [-0.25, -0.2) is 4.79 Å². The molecule has 2 amide bonds. The zero-order valence-electron chi connectivity index (χ0n) is 14.3. The maximum Gasteiger partial charge on any atom is 0.317 e. The Hall–Kier alpha value is -1.17. The van der Waals surface area contributed by atoms with E-state index in [4.69, 9.17) is 0 Å². The highest BCUT2D eigenvalue weighted by molar-refractivity contribution is 8.00. The molecule has 124 valence electrons. The predicted octanol–water partition coefficient (Wildman–Crippen LogP) is 2.80. The molecule has 0 aliphatic carbocycles. The zero-order valence-corrected chi connectivity index (χ0v) is 15.2. The summed E-state index contributed by atoms with van der Waals surface area (Å²) in [7, 11) is 0. The van der Waals surface area contributed by atoms with Crippen molar-refractivity contribution in [3.8, 4) is 0 Å². The summed E-state index contributed by atoms with van der Waals surface area (Å²) in [5, 5.41) is 8.12. The first-order chi connectivity index (χ1) is 10.4. The van der Waals surface area contributed by atoms with E-state index in [1.165, 1.54) is 0 Å². The molecule has 2 heterocycles. The van der Waals surface area contributed by atoms with Crippen molar-refractivity contribution in [3.05, 3.63) is 17.0 Å². The summed E-state index contributed by atoms with van der Waals surface area (Å²) in [6, 6.07) is 0.0500. The minimum Gasteiger partial charge on any atom is -0.334 e. The van der Waals surface area contributed by atoms with Gasteiger partial charge in [-0.1, -0.05) is 13.8 Å². The maximum absolute atomic E-state index is 12.4. The molecule has 6 heteroatoms. The number of amides is 2. The van der Waals surface area contributed by atoms with Crippen LogP contribution in [0.25, 0.3) is 0 Å². The lowest BCUT2D eigenvalue weighted by Gasteiger charge is -2.34. The molecule has 2 rings (SSSR count). The topological polar surface area (TPSA) is 50.2 Å². The molecule has 0 spiro atoms. The van der Waals surface area contributed by atoms with Crippen molar-refractivity contribution in [1.29, 1.82) is 0 Å². The van der Waals surface area contributed by atoms with E-state index in [-0.39, 0.29) is 6.03 Å². The lowest BCUT2D eigenvalue weighted by molar-refractivity contribution is 0.196. The molecule has 1 aromatic rings. The molecule has 1 fully saturated rings. The zero-order chi connectivity index (χ0) is 16.3. The van der Waals surface area contributed by atoms with Crippen molar-refractivity contribution in [2.45, 2.75) is 53.0 Å². The number of aromatic nitrogens is 2. The van der Waals surface area contributed by atoms with Gasteiger partial charge in [-0.2, -0.15) is 16.9 Å². The molecule has 0 bridgehead atoms. The van der Waals surface area contributed by atoms with Gasteiger partial charge < -0.3 is 10.2 Å². The van der Waals surface area contributed by atoms with Crippen molar-refractivity contribution in [2.24, 2.45) is 5.92 Å². The predicted molar refractivity (Wildman–Crippen MR) is 92.3 cm³/mol. The summed E-state index contributed by atoms with van der Waals surface area (Å²) in [4.78, 5) is 14.4. The second-order valence-electron chi connectivity index (χ2n) is 6.22. The monoisotopic (exact) mass is 324 g/mol. The normalized spacial score (nSPS) is 18.8. The summed E-state index contributed by atoms with van der Waals surface area (Å²) in [5.74, 6) is 1.63. The number of urea groups is 1. The van der Waals surface area contributed by atoms with E-state index >= 15 is 0 Å². The Morgan fingerprint density at radius 2 is 2.18 bits per heavy atom. The number of hydrogen-bond acceptors (Lipinski definition) is 3. The molecule has 5 nitrogen and oxygen atoms in total. The highest BCUT2D eigenvalue weighted by Gasteiger charge is 2.26. The lowest BCUT2D eigenvalue weighted by Crippen LogP contribution is -2.47. The van der Waals surface area contributed by atoms with Gasteiger partial charge in [0, 0.05) is 48.4 Å². The number of hydrogen-bond donors (Lipinski definition) is 1. The highest BCUT2D eigenvalue weighted by Crippen LogP contribution is 2.24. The van der Waals surface area contributed by atoms with Crippen molar-refractivity contribution in [3.63, 3.8) is 0 Å². The molecule has 0 aromatic carbocycles. The minimum atomic E-state index is 0.0500. The number of rotatable bonds is 4. The van der Waals surface area contributed by atoms with Crippen LogP contribution in [-0.2, 0) is 13.1 Å². The second kappa shape index (κ2) is 7.40. The quantitative estimate of drug-likeness (QED) is 0.926. The van der Waals surface area contributed by atoms with Crippen LogP contribution in [0.3, 0.4) is 0 Å². The molecule has 1 aliphatic heterocycles. The molecular formula is C16H28N4OS. The van der Waals surface area contributed by atoms with Crippen molar-refractivity contribution in [2.75, 3.05) is 18.8 Å². The average molecular weight is 324 g/mol. The van der Waals surface area contributed by atoms with Gasteiger partial charge in [0.05, 0.1) is 5.69 Å². The van der Waals surface area contributed by atoms with E-state index in [1.807, 2.05) is 28.3 Å². The molecule has 1 N–H and O–H groups in total. The first-order valence-electron chi connectivity index (χ1n) is 8.11. The van der Waals surface area contributed by atoms with Gasteiger partial charge in [-0.05, 0) is 26.7 Å². The highest BCUT2D eigenvalue weighted by atomic mass is 32.2. The SMILES string of the molecule is CCn1nc(C)c(CNC(=O)N2CCS[C@H](C(C)C)C2)c1C. The van der Waals surface area contributed by atoms with Gasteiger partial charge in [-0.3, -0.25) is 4.68 Å². The summed E-state index contributed by atoms with van der Waals surface area (Å²) in [6.45, 7) is 13.7. The summed E-state index contributed by atoms with van der Waals surface area (Å²) in [5.41, 5.74) is 3.30. The van der Waals surface area contributed by atoms with Crippen LogP contribution < -0.4 is 5.32 Å². The Morgan fingerprint density at radius 1 is 1.45 bits per heavy atom. The van der Waals surface area contributed by atoms with E-state index in [2.05, 4.69) is 38.1 Å². The molecule has 1 atom stereocenters. The third kappa shape index (κ3) is 3.77.